The van der Waals surface area contributed by atoms with Crippen molar-refractivity contribution in [1.29, 1.82) is 0 Å². The Labute approximate surface area is 207 Å². The monoisotopic (exact) mass is 472 g/mol. The maximum absolute atomic E-state index is 13.3. The van der Waals surface area contributed by atoms with Gasteiger partial charge in [0, 0.05) is 6.42 Å². The van der Waals surface area contributed by atoms with E-state index in [0.29, 0.717) is 0 Å². The summed E-state index contributed by atoms with van der Waals surface area (Å²) in [4.78, 5) is 39.1. The zero-order valence-corrected chi connectivity index (χ0v) is 20.7. The molecule has 5 nitrogen and oxygen atoms in total. The van der Waals surface area contributed by atoms with Crippen molar-refractivity contribution < 1.29 is 23.9 Å². The third kappa shape index (κ3) is 7.64. The number of ketones is 1. The molecule has 0 bridgehead atoms. The molecule has 35 heavy (non-hydrogen) atoms. The minimum Gasteiger partial charge on any atom is -0.461 e. The lowest BCUT2D eigenvalue weighted by atomic mass is 9.86. The van der Waals surface area contributed by atoms with Gasteiger partial charge in [0.1, 0.15) is 18.1 Å². The Morgan fingerprint density at radius 1 is 0.714 bits per heavy atom. The van der Waals surface area contributed by atoms with Crippen molar-refractivity contribution in [3.63, 3.8) is 0 Å². The summed E-state index contributed by atoms with van der Waals surface area (Å²) in [5.74, 6) is -3.95. The third-order valence-electron chi connectivity index (χ3n) is 5.54. The maximum Gasteiger partial charge on any atom is 0.317 e. The highest BCUT2D eigenvalue weighted by Crippen LogP contribution is 2.24. The predicted molar refractivity (Wildman–Crippen MR) is 135 cm³/mol. The van der Waals surface area contributed by atoms with E-state index in [0.717, 1.165) is 22.3 Å². The van der Waals surface area contributed by atoms with Crippen LogP contribution in [0, 0.1) is 11.8 Å². The molecule has 0 aliphatic rings. The lowest BCUT2D eigenvalue weighted by Crippen LogP contribution is -2.40. The van der Waals surface area contributed by atoms with Gasteiger partial charge in [-0.25, -0.2) is 0 Å². The van der Waals surface area contributed by atoms with E-state index >= 15 is 0 Å². The van der Waals surface area contributed by atoms with Crippen LogP contribution in [0.2, 0.25) is 0 Å². The fourth-order valence-corrected chi connectivity index (χ4v) is 3.73. The number of hydrogen-bond donors (Lipinski definition) is 0. The van der Waals surface area contributed by atoms with E-state index in [1.165, 1.54) is 6.92 Å². The smallest absolute Gasteiger partial charge is 0.317 e. The first-order valence-electron chi connectivity index (χ1n) is 11.7. The minimum atomic E-state index is -1.26. The van der Waals surface area contributed by atoms with E-state index in [9.17, 15) is 14.4 Å². The third-order valence-corrected chi connectivity index (χ3v) is 5.54. The van der Waals surface area contributed by atoms with E-state index in [2.05, 4.69) is 0 Å². The van der Waals surface area contributed by atoms with Gasteiger partial charge < -0.3 is 9.47 Å². The SMILES string of the molecule is CC(C(=O)OCc1ccccc1)C(C(=O)Cc1ccc(-c2ccccc2)cc1)C(=O)OC(C)(C)C. The summed E-state index contributed by atoms with van der Waals surface area (Å²) in [7, 11) is 0. The largest absolute Gasteiger partial charge is 0.461 e. The molecule has 0 aliphatic heterocycles. The highest BCUT2D eigenvalue weighted by atomic mass is 16.6. The van der Waals surface area contributed by atoms with Crippen LogP contribution in [-0.4, -0.2) is 23.3 Å². The van der Waals surface area contributed by atoms with Crippen LogP contribution in [0.15, 0.2) is 84.9 Å². The van der Waals surface area contributed by atoms with Crippen LogP contribution < -0.4 is 0 Å². The van der Waals surface area contributed by atoms with Crippen molar-refractivity contribution in [3.8, 4) is 11.1 Å². The number of rotatable bonds is 9. The van der Waals surface area contributed by atoms with E-state index in [4.69, 9.17) is 9.47 Å². The normalized spacial score (nSPS) is 12.9. The van der Waals surface area contributed by atoms with Crippen molar-refractivity contribution in [2.45, 2.75) is 46.3 Å². The Morgan fingerprint density at radius 2 is 1.26 bits per heavy atom. The zero-order chi connectivity index (χ0) is 25.4. The van der Waals surface area contributed by atoms with Crippen molar-refractivity contribution in [2.75, 3.05) is 0 Å². The Kier molecular flexibility index (Phi) is 8.58. The molecule has 0 aliphatic carbocycles. The highest BCUT2D eigenvalue weighted by molar-refractivity contribution is 6.03. The molecule has 3 aromatic rings. The Morgan fingerprint density at radius 3 is 1.83 bits per heavy atom. The standard InChI is InChI=1S/C30H32O5/c1-21(28(32)34-20-23-11-7-5-8-12-23)27(29(33)35-30(2,3)4)26(31)19-22-15-17-25(18-16-22)24-13-9-6-10-14-24/h5-18,21,27H,19-20H2,1-4H3. The second kappa shape index (κ2) is 11.6. The zero-order valence-electron chi connectivity index (χ0n) is 20.7. The summed E-state index contributed by atoms with van der Waals surface area (Å²) in [5, 5.41) is 0. The summed E-state index contributed by atoms with van der Waals surface area (Å²) >= 11 is 0. The van der Waals surface area contributed by atoms with Crippen molar-refractivity contribution in [3.05, 3.63) is 96.1 Å². The molecule has 2 unspecified atom stereocenters. The van der Waals surface area contributed by atoms with Crippen molar-refractivity contribution >= 4 is 17.7 Å². The lowest BCUT2D eigenvalue weighted by Gasteiger charge is -2.26. The molecule has 3 aromatic carbocycles. The van der Waals surface area contributed by atoms with Gasteiger partial charge >= 0.3 is 11.9 Å². The van der Waals surface area contributed by atoms with Gasteiger partial charge in [0.05, 0.1) is 5.92 Å². The average molecular weight is 473 g/mol. The minimum absolute atomic E-state index is 0.00921. The van der Waals surface area contributed by atoms with Gasteiger partial charge in [0.2, 0.25) is 0 Å². The molecule has 5 heteroatoms. The van der Waals surface area contributed by atoms with Gasteiger partial charge in [0.15, 0.2) is 5.78 Å². The van der Waals surface area contributed by atoms with E-state index in [1.54, 1.807) is 20.8 Å². The van der Waals surface area contributed by atoms with E-state index < -0.39 is 29.4 Å². The number of esters is 2. The topological polar surface area (TPSA) is 69.7 Å². The fourth-order valence-electron chi connectivity index (χ4n) is 3.73. The quantitative estimate of drug-likeness (QED) is 0.291. The van der Waals surface area contributed by atoms with Crippen molar-refractivity contribution in [2.24, 2.45) is 11.8 Å². The molecule has 0 N–H and O–H groups in total. The van der Waals surface area contributed by atoms with Crippen LogP contribution in [0.5, 0.6) is 0 Å². The van der Waals surface area contributed by atoms with Crippen LogP contribution in [0.4, 0.5) is 0 Å². The fraction of sp³-hybridized carbons (Fsp3) is 0.300. The summed E-state index contributed by atoms with van der Waals surface area (Å²) in [5.41, 5.74) is 2.90. The molecular formula is C30H32O5. The molecule has 0 aromatic heterocycles. The van der Waals surface area contributed by atoms with Crippen LogP contribution in [0.3, 0.4) is 0 Å². The Hall–Kier alpha value is -3.73. The number of ether oxygens (including phenoxy) is 2. The van der Waals surface area contributed by atoms with Gasteiger partial charge in [0.25, 0.3) is 0 Å². The molecule has 182 valence electrons. The average Bonchev–Trinajstić information content (AvgIpc) is 2.83. The Bertz CT molecular complexity index is 1130. The molecule has 3 rings (SSSR count). The second-order valence-electron chi connectivity index (χ2n) is 9.60. The van der Waals surface area contributed by atoms with E-state index in [-0.39, 0.29) is 18.8 Å². The molecule has 0 fully saturated rings. The number of hydrogen-bond acceptors (Lipinski definition) is 5. The molecule has 0 saturated heterocycles. The number of Topliss-reactive ketones (excluding diaryl/α,β-unsaturated/α-hetero) is 1. The Balaban J connectivity index is 1.74. The first-order chi connectivity index (χ1) is 16.6. The maximum atomic E-state index is 13.3. The van der Waals surface area contributed by atoms with Crippen LogP contribution >= 0.6 is 0 Å². The van der Waals surface area contributed by atoms with Gasteiger partial charge in [-0.2, -0.15) is 0 Å². The molecule has 0 amide bonds. The molecule has 2 atom stereocenters. The van der Waals surface area contributed by atoms with Gasteiger partial charge in [-0.05, 0) is 43.0 Å². The molecular weight excluding hydrogens is 440 g/mol. The number of carbonyl (C=O) groups is 3. The van der Waals surface area contributed by atoms with Crippen LogP contribution in [-0.2, 0) is 36.9 Å². The summed E-state index contributed by atoms with van der Waals surface area (Å²) < 4.78 is 10.9. The molecule has 0 heterocycles. The number of benzene rings is 3. The summed E-state index contributed by atoms with van der Waals surface area (Å²) in [6.07, 6.45) is 0.00921. The molecule has 0 radical (unpaired) electrons. The van der Waals surface area contributed by atoms with Crippen LogP contribution in [0.1, 0.15) is 38.8 Å². The molecule has 0 saturated carbocycles. The highest BCUT2D eigenvalue weighted by Gasteiger charge is 2.39. The predicted octanol–water partition coefficient (Wildman–Crippen LogP) is 5.80. The van der Waals surface area contributed by atoms with E-state index in [1.807, 2.05) is 84.9 Å². The second-order valence-corrected chi connectivity index (χ2v) is 9.60. The van der Waals surface area contributed by atoms with Gasteiger partial charge in [-0.1, -0.05) is 91.9 Å². The van der Waals surface area contributed by atoms with Gasteiger partial charge in [-0.3, -0.25) is 14.4 Å². The first kappa shape index (κ1) is 25.9. The lowest BCUT2D eigenvalue weighted by molar-refractivity contribution is -0.170. The van der Waals surface area contributed by atoms with Gasteiger partial charge in [-0.15, -0.1) is 0 Å². The van der Waals surface area contributed by atoms with Crippen LogP contribution in [0.25, 0.3) is 11.1 Å². The van der Waals surface area contributed by atoms with Crippen molar-refractivity contribution in [1.82, 2.24) is 0 Å². The summed E-state index contributed by atoms with van der Waals surface area (Å²) in [6.45, 7) is 6.80. The number of carbonyl (C=O) groups excluding carboxylic acids is 3. The first-order valence-corrected chi connectivity index (χ1v) is 11.7. The molecule has 0 spiro atoms. The summed E-state index contributed by atoms with van der Waals surface area (Å²) in [6, 6.07) is 26.8.